The van der Waals surface area contributed by atoms with Crippen molar-refractivity contribution in [3.63, 3.8) is 0 Å². The Morgan fingerprint density at radius 1 is 0.407 bits per heavy atom. The maximum atomic E-state index is 12.5. The predicted octanol–water partition coefficient (Wildman–Crippen LogP) is 13.4. The van der Waals surface area contributed by atoms with Crippen molar-refractivity contribution in [1.29, 1.82) is 0 Å². The van der Waals surface area contributed by atoms with Crippen molar-refractivity contribution in [2.45, 2.75) is 107 Å². The summed E-state index contributed by atoms with van der Waals surface area (Å²) in [7, 11) is 0. The van der Waals surface area contributed by atoms with Crippen LogP contribution in [0.5, 0.6) is 0 Å². The van der Waals surface area contributed by atoms with E-state index in [9.17, 15) is 15.2 Å². The Labute approximate surface area is 495 Å². The molecule has 7 aromatic carbocycles. The van der Waals surface area contributed by atoms with E-state index in [1.165, 1.54) is 12.1 Å². The first-order valence-corrected chi connectivity index (χ1v) is 28.2. The molecule has 2 saturated heterocycles. The van der Waals surface area contributed by atoms with E-state index in [0.29, 0.717) is 31.5 Å². The number of benzene rings is 7. The zero-order chi connectivity index (χ0) is 56.5. The predicted molar refractivity (Wildman–Crippen MR) is 308 cm³/mol. The molecule has 0 aliphatic carbocycles. The van der Waals surface area contributed by atoms with E-state index in [1.807, 2.05) is 91.0 Å². The maximum absolute atomic E-state index is 12.5. The van der Waals surface area contributed by atoms with Gasteiger partial charge < -0.3 is 52.5 Å². The summed E-state index contributed by atoms with van der Waals surface area (Å²) < 4.78 is 68.3. The Bertz CT molecular complexity index is 3000. The lowest BCUT2D eigenvalue weighted by molar-refractivity contribution is -0.384. The van der Waals surface area contributed by atoms with Gasteiger partial charge in [0.2, 0.25) is 0 Å². The standard InChI is InChI=1S/C62H60Cl5NO13/c63-47-18-6-42(7-19-47)33-73-39-54-56(58(76-35-44-10-22-49(65)23-11-44)60(78-37-46-14-26-51(67)27-15-46)61(80-54)74-31-30-40-16-28-52(29-17-40)68(70)71)81-62-59(77-36-45-12-24-50(66)25-13-45)57(75-34-43-8-20-48(64)21-9-43)55(69)53(79-62)38-72-32-41-4-2-1-3-5-41/h1-29,53-62,69H,30-39H2/t53-,54-,55+,56-,57+,58+,59-,60-,61-,62+/m1/s1. The largest absolute Gasteiger partial charge is 0.387 e. The molecule has 426 valence electrons. The third kappa shape index (κ3) is 18.0. The topological polar surface area (TPSA) is 156 Å². The molecule has 9 rings (SSSR count). The SMILES string of the molecule is O=[N+]([O-])c1ccc(CCO[C@@H]2O[C@H](COCc3ccc(Cl)cc3)[C@@H](O[C@@H]3O[C@H](COCc4ccccc4)[C@H](O)[C@H](OCc4ccc(Cl)cc4)[C@H]3OCc3ccc(Cl)cc3)[C@H](OCc3ccc(Cl)cc3)[C@H]2OCc2ccc(Cl)cc2)cc1. The lowest BCUT2D eigenvalue weighted by Crippen LogP contribution is -2.66. The van der Waals surface area contributed by atoms with Gasteiger partial charge in [-0.1, -0.05) is 161 Å². The summed E-state index contributed by atoms with van der Waals surface area (Å²) in [6, 6.07) is 52.2. The van der Waals surface area contributed by atoms with Gasteiger partial charge in [0.05, 0.1) is 64.4 Å². The number of non-ortho nitro benzene ring substituents is 1. The molecule has 7 aromatic rings. The average Bonchev–Trinajstić information content (AvgIpc) is 3.54. The highest BCUT2D eigenvalue weighted by atomic mass is 35.5. The summed E-state index contributed by atoms with van der Waals surface area (Å²) in [5, 5.41) is 26.7. The van der Waals surface area contributed by atoms with Crippen LogP contribution in [0, 0.1) is 10.1 Å². The number of nitrogens with zero attached hydrogens (tertiary/aromatic N) is 1. The van der Waals surface area contributed by atoms with E-state index in [-0.39, 0.29) is 65.1 Å². The van der Waals surface area contributed by atoms with Crippen LogP contribution >= 0.6 is 58.0 Å². The zero-order valence-corrected chi connectivity index (χ0v) is 47.6. The number of halogens is 5. The molecular formula is C62H60Cl5NO13. The Morgan fingerprint density at radius 3 is 1.23 bits per heavy atom. The third-order valence-electron chi connectivity index (χ3n) is 13.6. The maximum Gasteiger partial charge on any atom is 0.269 e. The fourth-order valence-electron chi connectivity index (χ4n) is 9.25. The van der Waals surface area contributed by atoms with Crippen LogP contribution in [0.2, 0.25) is 25.1 Å². The van der Waals surface area contributed by atoms with Crippen molar-refractivity contribution >= 4 is 63.7 Å². The van der Waals surface area contributed by atoms with Gasteiger partial charge in [0.15, 0.2) is 12.6 Å². The summed E-state index contributed by atoms with van der Waals surface area (Å²) in [4.78, 5) is 11.1. The fourth-order valence-corrected chi connectivity index (χ4v) is 9.88. The Hall–Kier alpha value is -5.05. The molecule has 1 N–H and O–H groups in total. The molecule has 2 fully saturated rings. The molecule has 0 saturated carbocycles. The molecule has 14 nitrogen and oxygen atoms in total. The minimum atomic E-state index is -1.31. The third-order valence-corrected chi connectivity index (χ3v) is 14.9. The molecule has 2 aliphatic rings. The molecule has 19 heteroatoms. The smallest absolute Gasteiger partial charge is 0.269 e. The van der Waals surface area contributed by atoms with E-state index in [1.54, 1.807) is 72.8 Å². The summed E-state index contributed by atoms with van der Waals surface area (Å²) in [5.41, 5.74) is 5.70. The van der Waals surface area contributed by atoms with E-state index >= 15 is 0 Å². The van der Waals surface area contributed by atoms with Crippen LogP contribution < -0.4 is 0 Å². The van der Waals surface area contributed by atoms with E-state index in [4.69, 9.17) is 105 Å². The van der Waals surface area contributed by atoms with Crippen molar-refractivity contribution in [1.82, 2.24) is 0 Å². The molecule has 0 amide bonds. The lowest BCUT2D eigenvalue weighted by atomic mass is 9.96. The highest BCUT2D eigenvalue weighted by Gasteiger charge is 2.54. The average molecular weight is 1200 g/mol. The number of aliphatic hydroxyl groups excluding tert-OH is 1. The van der Waals surface area contributed by atoms with Crippen LogP contribution in [0.4, 0.5) is 5.69 Å². The van der Waals surface area contributed by atoms with Crippen LogP contribution in [-0.4, -0.2) is 91.3 Å². The second-order valence-electron chi connectivity index (χ2n) is 19.5. The number of nitro benzene ring substituents is 1. The van der Waals surface area contributed by atoms with Gasteiger partial charge >= 0.3 is 0 Å². The van der Waals surface area contributed by atoms with Gasteiger partial charge in [-0.3, -0.25) is 10.1 Å². The minimum absolute atomic E-state index is 0.0290. The first kappa shape index (κ1) is 60.5. The van der Waals surface area contributed by atoms with Crippen molar-refractivity contribution in [2.75, 3.05) is 19.8 Å². The molecule has 2 heterocycles. The quantitative estimate of drug-likeness (QED) is 0.0384. The monoisotopic (exact) mass is 1200 g/mol. The van der Waals surface area contributed by atoms with Crippen LogP contribution in [0.25, 0.3) is 0 Å². The second kappa shape index (κ2) is 30.5. The molecule has 0 aromatic heterocycles. The Balaban J connectivity index is 1.10. The van der Waals surface area contributed by atoms with Crippen LogP contribution in [-0.2, 0) is 93.4 Å². The number of hydrogen-bond acceptors (Lipinski definition) is 13. The minimum Gasteiger partial charge on any atom is -0.387 e. The van der Waals surface area contributed by atoms with Gasteiger partial charge in [0.25, 0.3) is 5.69 Å². The molecular weight excluding hydrogens is 1140 g/mol. The van der Waals surface area contributed by atoms with Gasteiger partial charge in [-0.05, 0) is 106 Å². The number of ether oxygens (including phenoxy) is 10. The Kier molecular flexibility index (Phi) is 22.8. The van der Waals surface area contributed by atoms with Crippen molar-refractivity contribution in [3.8, 4) is 0 Å². The summed E-state index contributed by atoms with van der Waals surface area (Å²) >= 11 is 31.6. The number of rotatable bonds is 27. The lowest BCUT2D eigenvalue weighted by Gasteiger charge is -2.49. The van der Waals surface area contributed by atoms with Gasteiger partial charge in [0.1, 0.15) is 48.8 Å². The number of hydrogen-bond donors (Lipinski definition) is 1. The molecule has 81 heavy (non-hydrogen) atoms. The second-order valence-corrected chi connectivity index (χ2v) is 21.7. The van der Waals surface area contributed by atoms with Crippen molar-refractivity contribution in [2.24, 2.45) is 0 Å². The first-order chi connectivity index (χ1) is 39.4. The van der Waals surface area contributed by atoms with Crippen molar-refractivity contribution in [3.05, 3.63) is 250 Å². The summed E-state index contributed by atoms with van der Waals surface area (Å²) in [5.74, 6) is 0. The van der Waals surface area contributed by atoms with Crippen LogP contribution in [0.3, 0.4) is 0 Å². The fraction of sp³-hybridized carbons (Fsp3) is 0.323. The highest BCUT2D eigenvalue weighted by molar-refractivity contribution is 6.31. The summed E-state index contributed by atoms with van der Waals surface area (Å²) in [6.07, 6.45) is -10.7. The van der Waals surface area contributed by atoms with Crippen LogP contribution in [0.1, 0.15) is 38.9 Å². The van der Waals surface area contributed by atoms with Crippen LogP contribution in [0.15, 0.2) is 176 Å². The van der Waals surface area contributed by atoms with Gasteiger partial charge in [-0.15, -0.1) is 0 Å². The van der Waals surface area contributed by atoms with Gasteiger partial charge in [-0.25, -0.2) is 0 Å². The molecule has 10 atom stereocenters. The highest BCUT2D eigenvalue weighted by Crippen LogP contribution is 2.37. The Morgan fingerprint density at radius 2 is 0.778 bits per heavy atom. The van der Waals surface area contributed by atoms with E-state index < -0.39 is 66.3 Å². The van der Waals surface area contributed by atoms with Gasteiger partial charge in [0, 0.05) is 37.2 Å². The molecule has 0 spiro atoms. The van der Waals surface area contributed by atoms with E-state index in [2.05, 4.69) is 0 Å². The normalized spacial score (nSPS) is 22.8. The van der Waals surface area contributed by atoms with Gasteiger partial charge in [-0.2, -0.15) is 0 Å². The van der Waals surface area contributed by atoms with Crippen molar-refractivity contribution < 1.29 is 57.4 Å². The molecule has 0 unspecified atom stereocenters. The number of nitro groups is 1. The molecule has 0 radical (unpaired) electrons. The molecule has 0 bridgehead atoms. The number of aliphatic hydroxyl groups is 1. The molecule has 2 aliphatic heterocycles. The summed E-state index contributed by atoms with van der Waals surface area (Å²) in [6.45, 7) is 0.601. The van der Waals surface area contributed by atoms with E-state index in [0.717, 1.165) is 38.9 Å². The zero-order valence-electron chi connectivity index (χ0n) is 43.8. The first-order valence-electron chi connectivity index (χ1n) is 26.3.